The van der Waals surface area contributed by atoms with E-state index in [1.807, 2.05) is 30.3 Å². The molecule has 1 aromatic carbocycles. The van der Waals surface area contributed by atoms with E-state index in [1.165, 1.54) is 0 Å². The summed E-state index contributed by atoms with van der Waals surface area (Å²) in [6.07, 6.45) is 0.484. The second kappa shape index (κ2) is 6.74. The van der Waals surface area contributed by atoms with Crippen LogP contribution in [0.25, 0.3) is 0 Å². The second-order valence-electron chi connectivity index (χ2n) is 2.96. The highest BCUT2D eigenvalue weighted by atomic mass is 79.9. The van der Waals surface area contributed by atoms with Crippen LogP contribution in [-0.4, -0.2) is 17.7 Å². The molecule has 0 N–H and O–H groups in total. The lowest BCUT2D eigenvalue weighted by molar-refractivity contribution is -0.117. The fraction of sp³-hybridized carbons (Fsp3) is 0.364. The Balaban J connectivity index is 2.13. The number of Topliss-reactive ketones (excluding diaryl/α,β-unsaturated/α-hetero) is 1. The highest BCUT2D eigenvalue weighted by molar-refractivity contribution is 9.09. The first kappa shape index (κ1) is 11.4. The number of alkyl halides is 1. The first-order valence-corrected chi connectivity index (χ1v) is 5.64. The Labute approximate surface area is 92.4 Å². The van der Waals surface area contributed by atoms with E-state index in [9.17, 15) is 4.79 Å². The highest BCUT2D eigenvalue weighted by Crippen LogP contribution is 2.01. The minimum absolute atomic E-state index is 0.179. The molecule has 0 radical (unpaired) electrons. The van der Waals surface area contributed by atoms with Gasteiger partial charge in [0.1, 0.15) is 5.78 Å². The molecule has 2 nitrogen and oxygen atoms in total. The minimum atomic E-state index is 0.179. The van der Waals surface area contributed by atoms with Gasteiger partial charge in [-0.15, -0.1) is 0 Å². The lowest BCUT2D eigenvalue weighted by Gasteiger charge is -2.02. The topological polar surface area (TPSA) is 26.3 Å². The number of hydrogen-bond donors (Lipinski definition) is 0. The molecular formula is C11H13BrO2. The molecule has 0 amide bonds. The quantitative estimate of drug-likeness (QED) is 0.578. The van der Waals surface area contributed by atoms with E-state index in [0.29, 0.717) is 25.0 Å². The van der Waals surface area contributed by atoms with E-state index in [0.717, 1.165) is 5.56 Å². The summed E-state index contributed by atoms with van der Waals surface area (Å²) in [6.45, 7) is 1.08. The lowest BCUT2D eigenvalue weighted by atomic mass is 10.2. The van der Waals surface area contributed by atoms with Crippen molar-refractivity contribution in [2.24, 2.45) is 0 Å². The molecule has 0 atom stereocenters. The number of benzene rings is 1. The summed E-state index contributed by atoms with van der Waals surface area (Å²) in [5.41, 5.74) is 1.14. The maximum Gasteiger partial charge on any atom is 0.145 e. The molecule has 0 saturated heterocycles. The van der Waals surface area contributed by atoms with Crippen molar-refractivity contribution in [3.05, 3.63) is 35.9 Å². The maximum absolute atomic E-state index is 10.9. The van der Waals surface area contributed by atoms with Crippen molar-refractivity contribution in [2.75, 3.05) is 11.9 Å². The molecule has 76 valence electrons. The van der Waals surface area contributed by atoms with Gasteiger partial charge in [0, 0.05) is 6.42 Å². The number of carbonyl (C=O) groups excluding carboxylic acids is 1. The summed E-state index contributed by atoms with van der Waals surface area (Å²) in [4.78, 5) is 10.9. The number of ketones is 1. The molecule has 0 aliphatic heterocycles. The molecule has 0 saturated carbocycles. The molecule has 0 unspecified atom stereocenters. The Morgan fingerprint density at radius 2 is 2.00 bits per heavy atom. The summed E-state index contributed by atoms with van der Waals surface area (Å²) in [7, 11) is 0. The van der Waals surface area contributed by atoms with Gasteiger partial charge in [0.05, 0.1) is 18.5 Å². The Hall–Kier alpha value is -0.670. The number of halogens is 1. The van der Waals surface area contributed by atoms with E-state index in [-0.39, 0.29) is 5.78 Å². The smallest absolute Gasteiger partial charge is 0.145 e. The van der Waals surface area contributed by atoms with Crippen LogP contribution >= 0.6 is 15.9 Å². The van der Waals surface area contributed by atoms with Gasteiger partial charge in [0.2, 0.25) is 0 Å². The molecule has 0 spiro atoms. The van der Waals surface area contributed by atoms with Gasteiger partial charge >= 0.3 is 0 Å². The van der Waals surface area contributed by atoms with Crippen molar-refractivity contribution in [1.29, 1.82) is 0 Å². The average molecular weight is 257 g/mol. The number of carbonyl (C=O) groups is 1. The van der Waals surface area contributed by atoms with Crippen LogP contribution in [0, 0.1) is 0 Å². The summed E-state index contributed by atoms with van der Waals surface area (Å²) in [5.74, 6) is 0.179. The number of rotatable bonds is 6. The molecule has 0 heterocycles. The maximum atomic E-state index is 10.9. The van der Waals surface area contributed by atoms with Gasteiger partial charge in [-0.2, -0.15) is 0 Å². The van der Waals surface area contributed by atoms with Crippen molar-refractivity contribution in [3.63, 3.8) is 0 Å². The minimum Gasteiger partial charge on any atom is -0.376 e. The fourth-order valence-corrected chi connectivity index (χ4v) is 1.30. The Kier molecular flexibility index (Phi) is 5.49. The van der Waals surface area contributed by atoms with Crippen molar-refractivity contribution in [3.8, 4) is 0 Å². The number of ether oxygens (including phenoxy) is 1. The molecular weight excluding hydrogens is 244 g/mol. The van der Waals surface area contributed by atoms with Crippen LogP contribution in [0.15, 0.2) is 30.3 Å². The molecule has 0 aliphatic rings. The standard InChI is InChI=1S/C11H13BrO2/c12-8-11(13)6-7-14-9-10-4-2-1-3-5-10/h1-5H,6-9H2. The third-order valence-electron chi connectivity index (χ3n) is 1.79. The SMILES string of the molecule is O=C(CBr)CCOCc1ccccc1. The first-order chi connectivity index (χ1) is 6.83. The Bertz CT molecular complexity index is 272. The van der Waals surface area contributed by atoms with E-state index in [1.54, 1.807) is 0 Å². The van der Waals surface area contributed by atoms with Crippen LogP contribution in [0.3, 0.4) is 0 Å². The van der Waals surface area contributed by atoms with Gasteiger partial charge in [-0.05, 0) is 5.56 Å². The molecule has 0 aromatic heterocycles. The average Bonchev–Trinajstić information content (AvgIpc) is 2.25. The van der Waals surface area contributed by atoms with Gasteiger partial charge < -0.3 is 4.74 Å². The van der Waals surface area contributed by atoms with Crippen LogP contribution in [0.4, 0.5) is 0 Å². The zero-order valence-corrected chi connectivity index (χ0v) is 9.50. The molecule has 1 rings (SSSR count). The molecule has 3 heteroatoms. The van der Waals surface area contributed by atoms with Crippen molar-refractivity contribution in [2.45, 2.75) is 13.0 Å². The van der Waals surface area contributed by atoms with E-state index < -0.39 is 0 Å². The summed E-state index contributed by atoms with van der Waals surface area (Å²) >= 11 is 3.11. The molecule has 0 fully saturated rings. The third kappa shape index (κ3) is 4.53. The van der Waals surface area contributed by atoms with E-state index in [4.69, 9.17) is 4.74 Å². The van der Waals surface area contributed by atoms with Crippen LogP contribution in [-0.2, 0) is 16.1 Å². The highest BCUT2D eigenvalue weighted by Gasteiger charge is 1.98. The van der Waals surface area contributed by atoms with Gasteiger partial charge in [-0.25, -0.2) is 0 Å². The predicted octanol–water partition coefficient (Wildman–Crippen LogP) is 2.56. The molecule has 14 heavy (non-hydrogen) atoms. The van der Waals surface area contributed by atoms with E-state index in [2.05, 4.69) is 15.9 Å². The van der Waals surface area contributed by atoms with Gasteiger partial charge in [0.25, 0.3) is 0 Å². The third-order valence-corrected chi connectivity index (χ3v) is 2.41. The molecule has 0 bridgehead atoms. The van der Waals surface area contributed by atoms with Crippen molar-refractivity contribution < 1.29 is 9.53 Å². The Morgan fingerprint density at radius 1 is 1.29 bits per heavy atom. The molecule has 1 aromatic rings. The zero-order chi connectivity index (χ0) is 10.2. The van der Waals surface area contributed by atoms with Crippen LogP contribution in [0.2, 0.25) is 0 Å². The van der Waals surface area contributed by atoms with Gasteiger partial charge in [-0.3, -0.25) is 4.79 Å². The van der Waals surface area contributed by atoms with Crippen LogP contribution < -0.4 is 0 Å². The van der Waals surface area contributed by atoms with Crippen LogP contribution in [0.5, 0.6) is 0 Å². The largest absolute Gasteiger partial charge is 0.376 e. The normalized spacial score (nSPS) is 10.1. The monoisotopic (exact) mass is 256 g/mol. The van der Waals surface area contributed by atoms with Crippen molar-refractivity contribution >= 4 is 21.7 Å². The number of hydrogen-bond acceptors (Lipinski definition) is 2. The summed E-state index contributed by atoms with van der Waals surface area (Å²) < 4.78 is 5.35. The van der Waals surface area contributed by atoms with Gasteiger partial charge in [0.15, 0.2) is 0 Å². The predicted molar refractivity (Wildman–Crippen MR) is 59.5 cm³/mol. The first-order valence-electron chi connectivity index (χ1n) is 4.52. The second-order valence-corrected chi connectivity index (χ2v) is 3.52. The van der Waals surface area contributed by atoms with Gasteiger partial charge in [-0.1, -0.05) is 46.3 Å². The van der Waals surface area contributed by atoms with Crippen LogP contribution in [0.1, 0.15) is 12.0 Å². The lowest BCUT2D eigenvalue weighted by Crippen LogP contribution is -2.04. The summed E-state index contributed by atoms with van der Waals surface area (Å²) in [5, 5.41) is 0.418. The van der Waals surface area contributed by atoms with E-state index >= 15 is 0 Å². The molecule has 0 aliphatic carbocycles. The summed E-state index contributed by atoms with van der Waals surface area (Å²) in [6, 6.07) is 9.93. The Morgan fingerprint density at radius 3 is 2.64 bits per heavy atom. The van der Waals surface area contributed by atoms with Crippen molar-refractivity contribution in [1.82, 2.24) is 0 Å². The zero-order valence-electron chi connectivity index (χ0n) is 7.91. The fourth-order valence-electron chi connectivity index (χ4n) is 1.02.